The van der Waals surface area contributed by atoms with Crippen molar-refractivity contribution >= 4 is 17.8 Å². The Bertz CT molecular complexity index is 486. The number of nitrogens with zero attached hydrogens (tertiary/aromatic N) is 3. The first-order valence-corrected chi connectivity index (χ1v) is 6.16. The Morgan fingerprint density at radius 1 is 1.47 bits per heavy atom. The lowest BCUT2D eigenvalue weighted by atomic mass is 10.2. The van der Waals surface area contributed by atoms with Crippen molar-refractivity contribution in [1.29, 1.82) is 0 Å². The molecule has 2 atom stereocenters. The summed E-state index contributed by atoms with van der Waals surface area (Å²) < 4.78 is 5.40. The Kier molecular flexibility index (Phi) is 3.79. The molecule has 1 aliphatic rings. The van der Waals surface area contributed by atoms with Crippen molar-refractivity contribution in [3.63, 3.8) is 0 Å². The maximum atomic E-state index is 11.7. The first-order valence-electron chi connectivity index (χ1n) is 6.16. The maximum absolute atomic E-state index is 11.7. The van der Waals surface area contributed by atoms with Gasteiger partial charge in [-0.05, 0) is 13.5 Å². The van der Waals surface area contributed by atoms with Gasteiger partial charge in [0.25, 0.3) is 5.91 Å². The van der Waals surface area contributed by atoms with E-state index in [0.717, 1.165) is 11.4 Å². The Balaban J connectivity index is 2.01. The van der Waals surface area contributed by atoms with Crippen molar-refractivity contribution < 1.29 is 14.0 Å². The number of likely N-dealkylation sites (N-methyl/N-ethyl adjacent to an activating group) is 1. The number of rotatable bonds is 5. The van der Waals surface area contributed by atoms with Crippen LogP contribution in [0.5, 0.6) is 0 Å². The van der Waals surface area contributed by atoms with Gasteiger partial charge in [0.1, 0.15) is 6.04 Å². The lowest BCUT2D eigenvalue weighted by Gasteiger charge is -2.09. The molecule has 2 N–H and O–H groups in total. The highest BCUT2D eigenvalue weighted by molar-refractivity contribution is 6.06. The number of aromatic nitrogens is 2. The average molecular weight is 267 g/mol. The lowest BCUT2D eigenvalue weighted by molar-refractivity contribution is -0.136. The van der Waals surface area contributed by atoms with Gasteiger partial charge in [0.2, 0.25) is 11.8 Å². The zero-order valence-electron chi connectivity index (χ0n) is 11.1. The first kappa shape index (κ1) is 13.5. The summed E-state index contributed by atoms with van der Waals surface area (Å²) in [4.78, 5) is 24.2. The van der Waals surface area contributed by atoms with E-state index < -0.39 is 6.04 Å². The summed E-state index contributed by atoms with van der Waals surface area (Å²) in [6, 6.07) is -0.530. The molecule has 8 nitrogen and oxygen atoms in total. The molecular formula is C11H17N5O3. The molecule has 19 heavy (non-hydrogen) atoms. The molecule has 104 valence electrons. The van der Waals surface area contributed by atoms with Crippen LogP contribution in [0.15, 0.2) is 4.42 Å². The number of hydrogen-bond donors (Lipinski definition) is 2. The van der Waals surface area contributed by atoms with Crippen molar-refractivity contribution in [2.24, 2.45) is 0 Å². The first-order chi connectivity index (χ1) is 9.02. The third kappa shape index (κ3) is 2.73. The van der Waals surface area contributed by atoms with Crippen LogP contribution in [0.25, 0.3) is 0 Å². The SMILES string of the molecule is CCNC(C)c1nnc(NC2CC(=O)N(C)C2=O)o1. The molecule has 2 amide bonds. The number of hydrogen-bond acceptors (Lipinski definition) is 7. The van der Waals surface area contributed by atoms with E-state index >= 15 is 0 Å². The molecule has 8 heteroatoms. The summed E-state index contributed by atoms with van der Waals surface area (Å²) in [6.07, 6.45) is 0.107. The number of imide groups is 1. The van der Waals surface area contributed by atoms with E-state index in [-0.39, 0.29) is 30.3 Å². The highest BCUT2D eigenvalue weighted by Crippen LogP contribution is 2.18. The fourth-order valence-corrected chi connectivity index (χ4v) is 1.88. The van der Waals surface area contributed by atoms with Gasteiger partial charge in [0.05, 0.1) is 12.5 Å². The van der Waals surface area contributed by atoms with Gasteiger partial charge in [0, 0.05) is 7.05 Å². The van der Waals surface area contributed by atoms with Crippen molar-refractivity contribution in [2.45, 2.75) is 32.4 Å². The third-order valence-corrected chi connectivity index (χ3v) is 3.00. The topological polar surface area (TPSA) is 100 Å². The van der Waals surface area contributed by atoms with E-state index in [0.29, 0.717) is 5.89 Å². The second-order valence-electron chi connectivity index (χ2n) is 4.42. The predicted octanol–water partition coefficient (Wildman–Crippen LogP) is -0.0907. The summed E-state index contributed by atoms with van der Waals surface area (Å²) in [7, 11) is 1.46. The number of carbonyl (C=O) groups is 2. The minimum absolute atomic E-state index is 0.0587. The number of anilines is 1. The molecule has 2 unspecified atom stereocenters. The summed E-state index contributed by atoms with van der Waals surface area (Å²) in [5, 5.41) is 13.6. The minimum atomic E-state index is -0.625. The van der Waals surface area contributed by atoms with Crippen LogP contribution < -0.4 is 10.6 Å². The van der Waals surface area contributed by atoms with E-state index in [1.54, 1.807) is 0 Å². The molecule has 0 radical (unpaired) electrons. The fraction of sp³-hybridized carbons (Fsp3) is 0.636. The summed E-state index contributed by atoms with van der Waals surface area (Å²) in [5.74, 6) is -0.0674. The summed E-state index contributed by atoms with van der Waals surface area (Å²) in [6.45, 7) is 4.66. The van der Waals surface area contributed by atoms with Crippen molar-refractivity contribution in [2.75, 3.05) is 18.9 Å². The standard InChI is InChI=1S/C11H17N5O3/c1-4-12-6(2)9-14-15-11(19-9)13-7-5-8(17)16(3)10(7)18/h6-7,12H,4-5H2,1-3H3,(H,13,15). The Morgan fingerprint density at radius 3 is 2.79 bits per heavy atom. The predicted molar refractivity (Wildman–Crippen MR) is 66.2 cm³/mol. The zero-order valence-corrected chi connectivity index (χ0v) is 11.1. The fourth-order valence-electron chi connectivity index (χ4n) is 1.88. The van der Waals surface area contributed by atoms with Crippen LogP contribution in [0.1, 0.15) is 32.2 Å². The van der Waals surface area contributed by atoms with Gasteiger partial charge in [-0.25, -0.2) is 0 Å². The van der Waals surface area contributed by atoms with Crippen LogP contribution >= 0.6 is 0 Å². The van der Waals surface area contributed by atoms with Gasteiger partial charge in [-0.2, -0.15) is 0 Å². The van der Waals surface area contributed by atoms with Gasteiger partial charge < -0.3 is 15.1 Å². The van der Waals surface area contributed by atoms with Gasteiger partial charge in [-0.3, -0.25) is 14.5 Å². The Morgan fingerprint density at radius 2 is 2.21 bits per heavy atom. The third-order valence-electron chi connectivity index (χ3n) is 3.00. The smallest absolute Gasteiger partial charge is 0.316 e. The van der Waals surface area contributed by atoms with Gasteiger partial charge >= 0.3 is 6.01 Å². The van der Waals surface area contributed by atoms with E-state index in [1.807, 2.05) is 13.8 Å². The van der Waals surface area contributed by atoms with Crippen molar-refractivity contribution in [3.8, 4) is 0 Å². The minimum Gasteiger partial charge on any atom is -0.406 e. The molecular weight excluding hydrogens is 250 g/mol. The molecule has 0 aromatic carbocycles. The molecule has 1 aliphatic heterocycles. The van der Waals surface area contributed by atoms with Crippen LogP contribution in [0.3, 0.4) is 0 Å². The van der Waals surface area contributed by atoms with Crippen LogP contribution in [0.4, 0.5) is 6.01 Å². The maximum Gasteiger partial charge on any atom is 0.316 e. The molecule has 1 fully saturated rings. The highest BCUT2D eigenvalue weighted by atomic mass is 16.4. The van der Waals surface area contributed by atoms with Crippen LogP contribution in [-0.4, -0.2) is 46.5 Å². The van der Waals surface area contributed by atoms with Crippen LogP contribution in [0.2, 0.25) is 0 Å². The highest BCUT2D eigenvalue weighted by Gasteiger charge is 2.36. The van der Waals surface area contributed by atoms with Gasteiger partial charge in [0.15, 0.2) is 0 Å². The second-order valence-corrected chi connectivity index (χ2v) is 4.42. The molecule has 1 aromatic rings. The molecule has 0 aliphatic carbocycles. The van der Waals surface area contributed by atoms with Crippen molar-refractivity contribution in [1.82, 2.24) is 20.4 Å². The largest absolute Gasteiger partial charge is 0.406 e. The van der Waals surface area contributed by atoms with Crippen LogP contribution in [0, 0.1) is 0 Å². The van der Waals surface area contributed by atoms with Crippen molar-refractivity contribution in [3.05, 3.63) is 5.89 Å². The van der Waals surface area contributed by atoms with Gasteiger partial charge in [-0.1, -0.05) is 12.0 Å². The molecule has 2 rings (SSSR count). The Hall–Kier alpha value is -1.96. The number of carbonyl (C=O) groups excluding carboxylic acids is 2. The molecule has 1 aromatic heterocycles. The van der Waals surface area contributed by atoms with E-state index in [4.69, 9.17) is 4.42 Å². The molecule has 2 heterocycles. The van der Waals surface area contributed by atoms with Gasteiger partial charge in [-0.15, -0.1) is 5.10 Å². The molecule has 0 spiro atoms. The van der Waals surface area contributed by atoms with Crippen LogP contribution in [-0.2, 0) is 9.59 Å². The number of likely N-dealkylation sites (tertiary alicyclic amines) is 1. The lowest BCUT2D eigenvalue weighted by Crippen LogP contribution is -2.31. The summed E-state index contributed by atoms with van der Waals surface area (Å²) in [5.41, 5.74) is 0. The Labute approximate surface area is 110 Å². The molecule has 0 saturated carbocycles. The monoisotopic (exact) mass is 267 g/mol. The zero-order chi connectivity index (χ0) is 14.0. The van der Waals surface area contributed by atoms with E-state index in [9.17, 15) is 9.59 Å². The normalized spacial score (nSPS) is 21.0. The molecule has 0 bridgehead atoms. The number of nitrogens with one attached hydrogen (secondary N) is 2. The second kappa shape index (κ2) is 5.35. The molecule has 1 saturated heterocycles. The number of amides is 2. The summed E-state index contributed by atoms with van der Waals surface area (Å²) >= 11 is 0. The van der Waals surface area contributed by atoms with E-state index in [1.165, 1.54) is 7.05 Å². The average Bonchev–Trinajstić information content (AvgIpc) is 2.92. The van der Waals surface area contributed by atoms with E-state index in [2.05, 4.69) is 20.8 Å². The quantitative estimate of drug-likeness (QED) is 0.719.